The van der Waals surface area contributed by atoms with Gasteiger partial charge in [-0.1, -0.05) is 0 Å². The van der Waals surface area contributed by atoms with Crippen molar-refractivity contribution >= 4 is 26.7 Å². The molecule has 0 fully saturated rings. The van der Waals surface area contributed by atoms with E-state index in [1.54, 1.807) is 0 Å². The van der Waals surface area contributed by atoms with Gasteiger partial charge in [-0.3, -0.25) is 0 Å². The van der Waals surface area contributed by atoms with Gasteiger partial charge in [0.05, 0.1) is 0 Å². The third-order valence-corrected chi connectivity index (χ3v) is 5.54. The Bertz CT molecular complexity index is 441. The molecule has 0 radical (unpaired) electrons. The van der Waals surface area contributed by atoms with Crippen molar-refractivity contribution in [1.29, 1.82) is 0 Å². The van der Waals surface area contributed by atoms with Crippen molar-refractivity contribution in [2.75, 3.05) is 39.3 Å². The van der Waals surface area contributed by atoms with E-state index in [1.165, 1.54) is 21.3 Å². The summed E-state index contributed by atoms with van der Waals surface area (Å²) in [5.41, 5.74) is 10.8. The fourth-order valence-corrected chi connectivity index (χ4v) is 3.34. The van der Waals surface area contributed by atoms with Crippen LogP contribution in [0.25, 0.3) is 0 Å². The molecular weight excluding hydrogens is 284 g/mol. The molecule has 0 aromatic carbocycles. The highest BCUT2D eigenvalue weighted by atomic mass is 28.4. The third kappa shape index (κ3) is 3.90. The molecule has 0 aliphatic heterocycles. The average Bonchev–Trinajstić information content (AvgIpc) is 2.78. The first kappa shape index (κ1) is 16.4. The molecule has 1 rings (SSSR count). The smallest absolute Gasteiger partial charge is 0.377 e. The van der Waals surface area contributed by atoms with Gasteiger partial charge in [-0.05, 0) is 6.42 Å². The van der Waals surface area contributed by atoms with Crippen molar-refractivity contribution in [3.63, 3.8) is 0 Å². The summed E-state index contributed by atoms with van der Waals surface area (Å²) >= 11 is 0. The van der Waals surface area contributed by atoms with Crippen LogP contribution in [0.5, 0.6) is 0 Å². The summed E-state index contributed by atoms with van der Waals surface area (Å²) in [4.78, 5) is 15.4. The summed E-state index contributed by atoms with van der Waals surface area (Å²) in [6, 6.07) is 0.0809. The van der Waals surface area contributed by atoms with Gasteiger partial charge < -0.3 is 30.1 Å². The molecule has 1 amide bonds. The van der Waals surface area contributed by atoms with Gasteiger partial charge in [0.15, 0.2) is 0 Å². The SMILES string of the molecule is CO[Si](CCCNC(=O)n1nc(N)nc1N)(OC)OC. The molecule has 1 heterocycles. The van der Waals surface area contributed by atoms with Gasteiger partial charge >= 0.3 is 14.8 Å². The Kier molecular flexibility index (Phi) is 5.88. The zero-order valence-electron chi connectivity index (χ0n) is 11.8. The Morgan fingerprint density at radius 3 is 2.35 bits per heavy atom. The fraction of sp³-hybridized carbons (Fsp3) is 0.667. The Labute approximate surface area is 117 Å². The van der Waals surface area contributed by atoms with E-state index in [0.717, 1.165) is 4.68 Å². The number of hydrogen-bond acceptors (Lipinski definition) is 8. The number of nitrogen functional groups attached to an aromatic ring is 2. The molecule has 0 unspecified atom stereocenters. The predicted octanol–water partition coefficient (Wildman–Crippen LogP) is -0.732. The number of carbonyl (C=O) groups excluding carboxylic acids is 1. The Morgan fingerprint density at radius 1 is 1.30 bits per heavy atom. The first-order valence-electron chi connectivity index (χ1n) is 5.89. The number of hydrogen-bond donors (Lipinski definition) is 3. The van der Waals surface area contributed by atoms with Crippen LogP contribution in [-0.4, -0.2) is 57.5 Å². The van der Waals surface area contributed by atoms with E-state index < -0.39 is 14.8 Å². The number of nitrogens with one attached hydrogen (secondary N) is 1. The maximum atomic E-state index is 11.7. The van der Waals surface area contributed by atoms with Gasteiger partial charge in [-0.25, -0.2) is 4.79 Å². The van der Waals surface area contributed by atoms with Crippen LogP contribution in [0.15, 0.2) is 0 Å². The number of aromatic nitrogens is 3. The van der Waals surface area contributed by atoms with Gasteiger partial charge in [0.1, 0.15) is 0 Å². The lowest BCUT2D eigenvalue weighted by molar-refractivity contribution is 0.123. The minimum atomic E-state index is -2.61. The summed E-state index contributed by atoms with van der Waals surface area (Å²) in [7, 11) is 2.01. The molecule has 11 heteroatoms. The summed E-state index contributed by atoms with van der Waals surface area (Å²) in [6.45, 7) is 0.392. The molecule has 114 valence electrons. The molecule has 0 saturated carbocycles. The van der Waals surface area contributed by atoms with E-state index in [-0.39, 0.29) is 11.9 Å². The number of nitrogens with two attached hydrogens (primary N) is 2. The topological polar surface area (TPSA) is 140 Å². The summed E-state index contributed by atoms with van der Waals surface area (Å²) in [5.74, 6) is -0.114. The first-order valence-corrected chi connectivity index (χ1v) is 7.83. The second-order valence-corrected chi connectivity index (χ2v) is 6.96. The van der Waals surface area contributed by atoms with E-state index in [4.69, 9.17) is 24.7 Å². The van der Waals surface area contributed by atoms with Crippen molar-refractivity contribution in [2.24, 2.45) is 0 Å². The summed E-state index contributed by atoms with van der Waals surface area (Å²) in [5, 5.41) is 6.31. The number of rotatable bonds is 7. The fourth-order valence-electron chi connectivity index (χ4n) is 1.62. The molecule has 0 spiro atoms. The number of anilines is 2. The van der Waals surface area contributed by atoms with Gasteiger partial charge in [0, 0.05) is 33.9 Å². The molecule has 5 N–H and O–H groups in total. The second-order valence-electron chi connectivity index (χ2n) is 3.87. The number of carbonyl (C=O) groups is 1. The lowest BCUT2D eigenvalue weighted by atomic mass is 10.5. The third-order valence-electron chi connectivity index (χ3n) is 2.71. The van der Waals surface area contributed by atoms with Gasteiger partial charge in [-0.15, -0.1) is 9.78 Å². The lowest BCUT2D eigenvalue weighted by Gasteiger charge is -2.24. The second kappa shape index (κ2) is 7.19. The molecule has 0 aliphatic rings. The molecule has 1 aromatic rings. The highest BCUT2D eigenvalue weighted by Gasteiger charge is 2.36. The molecule has 0 aliphatic carbocycles. The molecule has 0 bridgehead atoms. The highest BCUT2D eigenvalue weighted by Crippen LogP contribution is 2.14. The molecule has 10 nitrogen and oxygen atoms in total. The van der Waals surface area contributed by atoms with E-state index in [2.05, 4.69) is 15.4 Å². The molecular formula is C9H20N6O4Si. The quantitative estimate of drug-likeness (QED) is 0.442. The monoisotopic (exact) mass is 304 g/mol. The Balaban J connectivity index is 2.41. The van der Waals surface area contributed by atoms with Crippen LogP contribution < -0.4 is 16.8 Å². The van der Waals surface area contributed by atoms with Crippen LogP contribution in [0, 0.1) is 0 Å². The van der Waals surface area contributed by atoms with E-state index in [1.807, 2.05) is 0 Å². The van der Waals surface area contributed by atoms with Crippen molar-refractivity contribution in [2.45, 2.75) is 12.5 Å². The maximum Gasteiger partial charge on any atom is 0.500 e. The van der Waals surface area contributed by atoms with Crippen LogP contribution >= 0.6 is 0 Å². The van der Waals surface area contributed by atoms with Gasteiger partial charge in [0.2, 0.25) is 11.9 Å². The minimum absolute atomic E-state index is 0.0535. The largest absolute Gasteiger partial charge is 0.500 e. The maximum absolute atomic E-state index is 11.7. The molecule has 0 atom stereocenters. The predicted molar refractivity (Wildman–Crippen MR) is 73.8 cm³/mol. The lowest BCUT2D eigenvalue weighted by Crippen LogP contribution is -2.43. The number of amides is 1. The Hall–Kier alpha value is -1.69. The summed E-state index contributed by atoms with van der Waals surface area (Å²) < 4.78 is 16.7. The van der Waals surface area contributed by atoms with Crippen LogP contribution in [0.2, 0.25) is 6.04 Å². The first-order chi connectivity index (χ1) is 9.48. The van der Waals surface area contributed by atoms with Crippen molar-refractivity contribution in [1.82, 2.24) is 20.1 Å². The van der Waals surface area contributed by atoms with Crippen LogP contribution in [0.3, 0.4) is 0 Å². The molecule has 1 aromatic heterocycles. The van der Waals surface area contributed by atoms with E-state index in [0.29, 0.717) is 19.0 Å². The van der Waals surface area contributed by atoms with Crippen molar-refractivity contribution in [3.05, 3.63) is 0 Å². The molecule has 0 saturated heterocycles. The average molecular weight is 304 g/mol. The standard InChI is InChI=1S/C9H20N6O4Si/c1-17-20(18-2,19-3)6-4-5-12-9(16)15-8(11)13-7(10)14-15/h4-6H2,1-3H3,(H,12,16)(H4,10,11,13,14). The van der Waals surface area contributed by atoms with E-state index in [9.17, 15) is 4.79 Å². The van der Waals surface area contributed by atoms with Gasteiger partial charge in [-0.2, -0.15) is 4.98 Å². The molecule has 20 heavy (non-hydrogen) atoms. The van der Waals surface area contributed by atoms with Crippen molar-refractivity contribution < 1.29 is 18.1 Å². The number of nitrogens with zero attached hydrogens (tertiary/aromatic N) is 3. The van der Waals surface area contributed by atoms with Crippen LogP contribution in [0.4, 0.5) is 16.7 Å². The van der Waals surface area contributed by atoms with Crippen LogP contribution in [0.1, 0.15) is 6.42 Å². The van der Waals surface area contributed by atoms with Crippen molar-refractivity contribution in [3.8, 4) is 0 Å². The van der Waals surface area contributed by atoms with Gasteiger partial charge in [0.25, 0.3) is 0 Å². The van der Waals surface area contributed by atoms with E-state index >= 15 is 0 Å². The zero-order chi connectivity index (χ0) is 15.2. The summed E-state index contributed by atoms with van der Waals surface area (Å²) in [6.07, 6.45) is 0.623. The normalized spacial score (nSPS) is 11.6. The Morgan fingerprint density at radius 2 is 1.90 bits per heavy atom. The van der Waals surface area contributed by atoms with Crippen LogP contribution in [-0.2, 0) is 13.3 Å². The minimum Gasteiger partial charge on any atom is -0.377 e. The highest BCUT2D eigenvalue weighted by molar-refractivity contribution is 6.60. The zero-order valence-corrected chi connectivity index (χ0v) is 12.8.